The molecule has 0 N–H and O–H groups in total. The van der Waals surface area contributed by atoms with Crippen molar-refractivity contribution < 1.29 is 0 Å². The lowest BCUT2D eigenvalue weighted by Crippen LogP contribution is -2.15. The molecular formula is C20H23N. The molecule has 1 aliphatic rings. The van der Waals surface area contributed by atoms with Crippen LogP contribution in [0.2, 0.25) is 0 Å². The van der Waals surface area contributed by atoms with Gasteiger partial charge in [0.25, 0.3) is 0 Å². The first-order valence-electron chi connectivity index (χ1n) is 7.85. The summed E-state index contributed by atoms with van der Waals surface area (Å²) in [6.07, 6.45) is 3.34. The van der Waals surface area contributed by atoms with Gasteiger partial charge in [-0.05, 0) is 37.8 Å². The van der Waals surface area contributed by atoms with Gasteiger partial charge in [-0.15, -0.1) is 0 Å². The average Bonchev–Trinajstić information content (AvgIpc) is 2.91. The molecule has 1 aliphatic heterocycles. The quantitative estimate of drug-likeness (QED) is 0.777. The first-order valence-corrected chi connectivity index (χ1v) is 7.85. The molecule has 21 heavy (non-hydrogen) atoms. The van der Waals surface area contributed by atoms with Crippen LogP contribution in [-0.2, 0) is 12.8 Å². The third-order valence-corrected chi connectivity index (χ3v) is 4.37. The van der Waals surface area contributed by atoms with Crippen LogP contribution in [-0.4, -0.2) is 12.3 Å². The highest BCUT2D eigenvalue weighted by atomic mass is 14.8. The zero-order valence-electron chi connectivity index (χ0n) is 13.0. The molecule has 1 heteroatoms. The number of nitrogens with zero attached hydrogens (tertiary/aromatic N) is 1. The third-order valence-electron chi connectivity index (χ3n) is 4.37. The third kappa shape index (κ3) is 3.60. The Morgan fingerprint density at radius 1 is 0.857 bits per heavy atom. The first-order chi connectivity index (χ1) is 10.2. The van der Waals surface area contributed by atoms with E-state index in [0.717, 1.165) is 19.4 Å². The van der Waals surface area contributed by atoms with Crippen molar-refractivity contribution in [3.63, 3.8) is 0 Å². The Morgan fingerprint density at radius 3 is 2.05 bits per heavy atom. The average molecular weight is 277 g/mol. The molecule has 108 valence electrons. The van der Waals surface area contributed by atoms with Gasteiger partial charge in [-0.1, -0.05) is 59.7 Å². The van der Waals surface area contributed by atoms with E-state index in [1.165, 1.54) is 34.4 Å². The summed E-state index contributed by atoms with van der Waals surface area (Å²) in [5.74, 6) is 0.619. The topological polar surface area (TPSA) is 12.4 Å². The van der Waals surface area contributed by atoms with Gasteiger partial charge in [-0.25, -0.2) is 0 Å². The van der Waals surface area contributed by atoms with E-state index < -0.39 is 0 Å². The van der Waals surface area contributed by atoms with Crippen molar-refractivity contribution in [1.29, 1.82) is 0 Å². The Morgan fingerprint density at radius 2 is 1.43 bits per heavy atom. The van der Waals surface area contributed by atoms with Gasteiger partial charge in [0.1, 0.15) is 0 Å². The van der Waals surface area contributed by atoms with Gasteiger partial charge in [0.05, 0.1) is 0 Å². The SMILES string of the molecule is Cc1ccc(CC2=NCCC2Cc2ccc(C)cc2)cc1. The molecular weight excluding hydrogens is 254 g/mol. The van der Waals surface area contributed by atoms with E-state index in [1.54, 1.807) is 0 Å². The fourth-order valence-corrected chi connectivity index (χ4v) is 3.00. The Balaban J connectivity index is 1.67. The second kappa shape index (κ2) is 6.26. The molecule has 0 saturated heterocycles. The molecule has 2 aromatic rings. The van der Waals surface area contributed by atoms with Crippen LogP contribution in [0.25, 0.3) is 0 Å². The van der Waals surface area contributed by atoms with Crippen molar-refractivity contribution in [1.82, 2.24) is 0 Å². The second-order valence-electron chi connectivity index (χ2n) is 6.21. The maximum Gasteiger partial charge on any atom is 0.0395 e. The number of benzene rings is 2. The fourth-order valence-electron chi connectivity index (χ4n) is 3.00. The molecule has 0 saturated carbocycles. The largest absolute Gasteiger partial charge is 0.293 e. The van der Waals surface area contributed by atoms with E-state index in [0.29, 0.717) is 5.92 Å². The monoisotopic (exact) mass is 277 g/mol. The van der Waals surface area contributed by atoms with Gasteiger partial charge >= 0.3 is 0 Å². The second-order valence-corrected chi connectivity index (χ2v) is 6.21. The highest BCUT2D eigenvalue weighted by Gasteiger charge is 2.21. The summed E-state index contributed by atoms with van der Waals surface area (Å²) >= 11 is 0. The number of aryl methyl sites for hydroxylation is 2. The molecule has 3 rings (SSSR count). The summed E-state index contributed by atoms with van der Waals surface area (Å²) in [5.41, 5.74) is 6.86. The summed E-state index contributed by atoms with van der Waals surface area (Å²) < 4.78 is 0. The minimum Gasteiger partial charge on any atom is -0.293 e. The molecule has 0 fully saturated rings. The van der Waals surface area contributed by atoms with E-state index in [-0.39, 0.29) is 0 Å². The Kier molecular flexibility index (Phi) is 4.19. The summed E-state index contributed by atoms with van der Waals surface area (Å²) in [6.45, 7) is 5.28. The Labute approximate surface area is 127 Å². The normalized spacial score (nSPS) is 17.8. The fraction of sp³-hybridized carbons (Fsp3) is 0.350. The van der Waals surface area contributed by atoms with E-state index in [1.807, 2.05) is 0 Å². The predicted molar refractivity (Wildman–Crippen MR) is 90.2 cm³/mol. The van der Waals surface area contributed by atoms with Crippen molar-refractivity contribution in [3.05, 3.63) is 70.8 Å². The minimum atomic E-state index is 0.619. The predicted octanol–water partition coefficient (Wildman–Crippen LogP) is 4.55. The molecule has 0 radical (unpaired) electrons. The zero-order valence-corrected chi connectivity index (χ0v) is 13.0. The molecule has 0 aromatic heterocycles. The van der Waals surface area contributed by atoms with Gasteiger partial charge in [0.2, 0.25) is 0 Å². The molecule has 1 nitrogen and oxygen atoms in total. The van der Waals surface area contributed by atoms with Crippen molar-refractivity contribution in [2.24, 2.45) is 10.9 Å². The van der Waals surface area contributed by atoms with E-state index in [9.17, 15) is 0 Å². The van der Waals surface area contributed by atoms with Crippen LogP contribution in [0.1, 0.15) is 28.7 Å². The van der Waals surface area contributed by atoms with Crippen molar-refractivity contribution in [2.45, 2.75) is 33.1 Å². The molecule has 0 spiro atoms. The molecule has 0 bridgehead atoms. The maximum atomic E-state index is 4.77. The van der Waals surface area contributed by atoms with Gasteiger partial charge in [0.15, 0.2) is 0 Å². The van der Waals surface area contributed by atoms with Crippen molar-refractivity contribution >= 4 is 5.71 Å². The molecule has 1 atom stereocenters. The first kappa shape index (κ1) is 14.1. The van der Waals surface area contributed by atoms with Crippen LogP contribution in [0.15, 0.2) is 53.5 Å². The van der Waals surface area contributed by atoms with Crippen molar-refractivity contribution in [2.75, 3.05) is 6.54 Å². The van der Waals surface area contributed by atoms with Crippen LogP contribution in [0.3, 0.4) is 0 Å². The summed E-state index contributed by atoms with van der Waals surface area (Å²) in [5, 5.41) is 0. The number of aliphatic imine (C=N–C) groups is 1. The zero-order chi connectivity index (χ0) is 14.7. The van der Waals surface area contributed by atoms with Crippen LogP contribution >= 0.6 is 0 Å². The van der Waals surface area contributed by atoms with Crippen LogP contribution < -0.4 is 0 Å². The number of hydrogen-bond acceptors (Lipinski definition) is 1. The van der Waals surface area contributed by atoms with Crippen LogP contribution in [0.4, 0.5) is 0 Å². The smallest absolute Gasteiger partial charge is 0.0395 e. The molecule has 1 heterocycles. The molecule has 0 amide bonds. The molecule has 2 aromatic carbocycles. The molecule has 1 unspecified atom stereocenters. The van der Waals surface area contributed by atoms with Gasteiger partial charge in [-0.2, -0.15) is 0 Å². The highest BCUT2D eigenvalue weighted by molar-refractivity contribution is 5.90. The maximum absolute atomic E-state index is 4.77. The lowest BCUT2D eigenvalue weighted by molar-refractivity contribution is 0.669. The standard InChI is InChI=1S/C20H23N/c1-15-3-7-17(8-4-15)13-19-11-12-21-20(19)14-18-9-5-16(2)6-10-18/h3-10,19H,11-14H2,1-2H3. The minimum absolute atomic E-state index is 0.619. The summed E-state index contributed by atoms with van der Waals surface area (Å²) in [4.78, 5) is 4.77. The van der Waals surface area contributed by atoms with Crippen LogP contribution in [0, 0.1) is 19.8 Å². The van der Waals surface area contributed by atoms with E-state index in [4.69, 9.17) is 4.99 Å². The van der Waals surface area contributed by atoms with Crippen molar-refractivity contribution in [3.8, 4) is 0 Å². The summed E-state index contributed by atoms with van der Waals surface area (Å²) in [6, 6.07) is 17.8. The number of hydrogen-bond donors (Lipinski definition) is 0. The highest BCUT2D eigenvalue weighted by Crippen LogP contribution is 2.22. The van der Waals surface area contributed by atoms with E-state index in [2.05, 4.69) is 62.4 Å². The van der Waals surface area contributed by atoms with E-state index >= 15 is 0 Å². The summed E-state index contributed by atoms with van der Waals surface area (Å²) in [7, 11) is 0. The van der Waals surface area contributed by atoms with Crippen LogP contribution in [0.5, 0.6) is 0 Å². The molecule has 0 aliphatic carbocycles. The van der Waals surface area contributed by atoms with Gasteiger partial charge in [0, 0.05) is 24.6 Å². The van der Waals surface area contributed by atoms with Gasteiger partial charge < -0.3 is 0 Å². The number of rotatable bonds is 4. The lowest BCUT2D eigenvalue weighted by Gasteiger charge is -2.14. The Hall–Kier alpha value is -1.89. The van der Waals surface area contributed by atoms with Gasteiger partial charge in [-0.3, -0.25) is 4.99 Å². The lowest BCUT2D eigenvalue weighted by atomic mass is 9.90. The Bertz CT molecular complexity index is 620.